The van der Waals surface area contributed by atoms with E-state index >= 15 is 0 Å². The molecule has 0 aliphatic rings. The van der Waals surface area contributed by atoms with E-state index in [2.05, 4.69) is 21.8 Å². The molecule has 0 unspecified atom stereocenters. The zero-order valence-corrected chi connectivity index (χ0v) is 20.1. The first-order chi connectivity index (χ1) is 15.7. The lowest BCUT2D eigenvalue weighted by Gasteiger charge is -2.08. The van der Waals surface area contributed by atoms with Crippen molar-refractivity contribution in [3.63, 3.8) is 0 Å². The van der Waals surface area contributed by atoms with Gasteiger partial charge in [0.15, 0.2) is 9.84 Å². The number of H-pyrrole nitrogens is 1. The molecule has 6 nitrogen and oxygen atoms in total. The molecule has 1 N–H and O–H groups in total. The number of hydrogen-bond acceptors (Lipinski definition) is 6. The zero-order valence-electron chi connectivity index (χ0n) is 18.4. The van der Waals surface area contributed by atoms with Crippen LogP contribution < -0.4 is 10.3 Å². The lowest BCUT2D eigenvalue weighted by molar-refractivity contribution is 0.397. The van der Waals surface area contributed by atoms with Crippen LogP contribution in [0.2, 0.25) is 0 Å². The first-order valence-corrected chi connectivity index (χ1v) is 12.9. The van der Waals surface area contributed by atoms with Crippen LogP contribution in [0, 0.1) is 18.8 Å². The first-order valence-electron chi connectivity index (χ1n) is 10.2. The van der Waals surface area contributed by atoms with Crippen LogP contribution in [-0.4, -0.2) is 31.8 Å². The predicted octanol–water partition coefficient (Wildman–Crippen LogP) is 3.89. The Labute approximate surface area is 196 Å². The molecule has 8 heteroatoms. The molecule has 4 aromatic rings. The van der Waals surface area contributed by atoms with Gasteiger partial charge in [-0.25, -0.2) is 13.4 Å². The summed E-state index contributed by atoms with van der Waals surface area (Å²) in [4.78, 5) is 20.9. The maximum Gasteiger partial charge on any atom is 0.256 e. The number of nitrogens with one attached hydrogen (secondary N) is 1. The lowest BCUT2D eigenvalue weighted by Crippen LogP contribution is -2.11. The van der Waals surface area contributed by atoms with Gasteiger partial charge in [-0.15, -0.1) is 11.3 Å². The second kappa shape index (κ2) is 9.22. The van der Waals surface area contributed by atoms with Crippen molar-refractivity contribution in [3.05, 3.63) is 86.3 Å². The molecule has 1 aromatic carbocycles. The van der Waals surface area contributed by atoms with Crippen LogP contribution in [0.15, 0.2) is 58.4 Å². The van der Waals surface area contributed by atoms with Crippen LogP contribution in [0.4, 0.5) is 0 Å². The van der Waals surface area contributed by atoms with E-state index in [4.69, 9.17) is 4.74 Å². The summed E-state index contributed by atoms with van der Waals surface area (Å²) in [5.41, 5.74) is 3.58. The molecule has 3 heterocycles. The summed E-state index contributed by atoms with van der Waals surface area (Å²) in [5.74, 6) is 6.87. The second-order valence-corrected chi connectivity index (χ2v) is 10.8. The smallest absolute Gasteiger partial charge is 0.256 e. The monoisotopic (exact) mass is 478 g/mol. The summed E-state index contributed by atoms with van der Waals surface area (Å²) >= 11 is 1.50. The van der Waals surface area contributed by atoms with Gasteiger partial charge in [0.2, 0.25) is 5.88 Å². The minimum atomic E-state index is -3.24. The minimum absolute atomic E-state index is 0.151. The summed E-state index contributed by atoms with van der Waals surface area (Å²) < 4.78 is 29.4. The summed E-state index contributed by atoms with van der Waals surface area (Å²) in [7, 11) is -1.66. The molecule has 0 bridgehead atoms. The number of aromatic amines is 1. The van der Waals surface area contributed by atoms with E-state index in [1.54, 1.807) is 37.6 Å². The number of hydrogen-bond donors (Lipinski definition) is 1. The van der Waals surface area contributed by atoms with Gasteiger partial charge in [-0.1, -0.05) is 24.0 Å². The topological polar surface area (TPSA) is 89.1 Å². The average molecular weight is 479 g/mol. The highest BCUT2D eigenvalue weighted by molar-refractivity contribution is 7.90. The van der Waals surface area contributed by atoms with E-state index in [1.165, 1.54) is 17.6 Å². The van der Waals surface area contributed by atoms with Crippen LogP contribution in [0.1, 0.15) is 27.3 Å². The maximum absolute atomic E-state index is 12.7. The zero-order chi connectivity index (χ0) is 23.6. The standard InChI is InChI=1S/C25H22N2O4S2/c1-16-22(13-18-7-9-20(10-8-18)33(3,29)30)27-25(28)21-15-19(32-24(16)21)6-4-5-17-11-12-26-23(14-17)31-2/h7-12,14-15H,5,13H2,1-3H3,(H,27,28). The normalized spacial score (nSPS) is 11.2. The third-order valence-corrected chi connectivity index (χ3v) is 7.58. The van der Waals surface area contributed by atoms with Gasteiger partial charge in [-0.05, 0) is 47.9 Å². The van der Waals surface area contributed by atoms with Gasteiger partial charge in [0.05, 0.1) is 22.3 Å². The predicted molar refractivity (Wildman–Crippen MR) is 131 cm³/mol. The van der Waals surface area contributed by atoms with E-state index in [1.807, 2.05) is 25.1 Å². The van der Waals surface area contributed by atoms with Crippen molar-refractivity contribution in [3.8, 4) is 17.7 Å². The number of fused-ring (bicyclic) bond motifs is 1. The molecule has 33 heavy (non-hydrogen) atoms. The Morgan fingerprint density at radius 3 is 2.58 bits per heavy atom. The number of aryl methyl sites for hydroxylation is 1. The highest BCUT2D eigenvalue weighted by Gasteiger charge is 2.13. The fourth-order valence-electron chi connectivity index (χ4n) is 3.48. The van der Waals surface area contributed by atoms with E-state index in [9.17, 15) is 13.2 Å². The first kappa shape index (κ1) is 22.8. The molecule has 0 fully saturated rings. The molecule has 4 rings (SSSR count). The molecule has 0 amide bonds. The number of rotatable bonds is 5. The van der Waals surface area contributed by atoms with Gasteiger partial charge >= 0.3 is 0 Å². The van der Waals surface area contributed by atoms with Gasteiger partial charge in [0.1, 0.15) is 0 Å². The summed E-state index contributed by atoms with van der Waals surface area (Å²) in [5, 5.41) is 0.628. The highest BCUT2D eigenvalue weighted by Crippen LogP contribution is 2.28. The highest BCUT2D eigenvalue weighted by atomic mass is 32.2. The van der Waals surface area contributed by atoms with E-state index in [0.29, 0.717) is 24.1 Å². The Morgan fingerprint density at radius 2 is 1.88 bits per heavy atom. The van der Waals surface area contributed by atoms with Crippen LogP contribution in [-0.2, 0) is 22.7 Å². The molecule has 168 valence electrons. The molecule has 0 atom stereocenters. The summed E-state index contributed by atoms with van der Waals surface area (Å²) in [6.45, 7) is 1.98. The van der Waals surface area contributed by atoms with Crippen molar-refractivity contribution in [1.82, 2.24) is 9.97 Å². The number of aromatic nitrogens is 2. The van der Waals surface area contributed by atoms with Crippen molar-refractivity contribution in [2.75, 3.05) is 13.4 Å². The van der Waals surface area contributed by atoms with E-state index in [0.717, 1.165) is 32.0 Å². The number of benzene rings is 1. The molecule has 0 aliphatic carbocycles. The van der Waals surface area contributed by atoms with Crippen molar-refractivity contribution < 1.29 is 13.2 Å². The third-order valence-electron chi connectivity index (χ3n) is 5.28. The van der Waals surface area contributed by atoms with E-state index < -0.39 is 9.84 Å². The lowest BCUT2D eigenvalue weighted by atomic mass is 10.1. The molecular weight excluding hydrogens is 456 g/mol. The fraction of sp³-hybridized carbons (Fsp3) is 0.200. The van der Waals surface area contributed by atoms with Crippen LogP contribution in [0.25, 0.3) is 10.1 Å². The summed E-state index contributed by atoms with van der Waals surface area (Å²) in [6.07, 6.45) is 3.93. The Balaban J connectivity index is 1.59. The van der Waals surface area contributed by atoms with Gasteiger partial charge in [0, 0.05) is 41.8 Å². The minimum Gasteiger partial charge on any atom is -0.481 e. The van der Waals surface area contributed by atoms with Crippen molar-refractivity contribution in [2.24, 2.45) is 0 Å². The molecule has 0 spiro atoms. The SMILES string of the molecule is COc1cc(CC#Cc2cc3c(=O)[nH]c(Cc4ccc(S(C)(=O)=O)cc4)c(C)c3s2)ccn1. The Kier molecular flexibility index (Phi) is 6.36. The Bertz CT molecular complexity index is 1550. The third kappa shape index (κ3) is 5.16. The van der Waals surface area contributed by atoms with E-state index in [-0.39, 0.29) is 10.5 Å². The number of pyridine rings is 2. The molecule has 0 saturated carbocycles. The quantitative estimate of drug-likeness (QED) is 0.440. The molecular formula is C25H22N2O4S2. The average Bonchev–Trinajstić information content (AvgIpc) is 3.22. The van der Waals surface area contributed by atoms with Crippen molar-refractivity contribution in [2.45, 2.75) is 24.7 Å². The van der Waals surface area contributed by atoms with Crippen LogP contribution >= 0.6 is 11.3 Å². The van der Waals surface area contributed by atoms with Gasteiger partial charge < -0.3 is 9.72 Å². The van der Waals surface area contributed by atoms with Gasteiger partial charge in [-0.3, -0.25) is 4.79 Å². The molecule has 0 aliphatic heterocycles. The maximum atomic E-state index is 12.7. The molecule has 0 radical (unpaired) electrons. The van der Waals surface area contributed by atoms with Crippen LogP contribution in [0.5, 0.6) is 5.88 Å². The largest absolute Gasteiger partial charge is 0.481 e. The number of thiophene rings is 1. The summed E-state index contributed by atoms with van der Waals surface area (Å²) in [6, 6.07) is 12.3. The van der Waals surface area contributed by atoms with Crippen LogP contribution in [0.3, 0.4) is 0 Å². The van der Waals surface area contributed by atoms with Gasteiger partial charge in [0.25, 0.3) is 5.56 Å². The Hall–Kier alpha value is -3.41. The second-order valence-electron chi connectivity index (χ2n) is 7.69. The fourth-order valence-corrected chi connectivity index (χ4v) is 5.16. The number of nitrogens with zero attached hydrogens (tertiary/aromatic N) is 1. The number of methoxy groups -OCH3 is 1. The van der Waals surface area contributed by atoms with Crippen molar-refractivity contribution >= 4 is 31.3 Å². The molecule has 3 aromatic heterocycles. The Morgan fingerprint density at radius 1 is 1.12 bits per heavy atom. The number of ether oxygens (including phenoxy) is 1. The number of sulfone groups is 1. The molecule has 0 saturated heterocycles. The van der Waals surface area contributed by atoms with Crippen molar-refractivity contribution in [1.29, 1.82) is 0 Å². The van der Waals surface area contributed by atoms with Gasteiger partial charge in [-0.2, -0.15) is 0 Å².